The molecular weight excluding hydrogens is 346 g/mol. The molecule has 1 fully saturated rings. The first-order chi connectivity index (χ1) is 11.7. The van der Waals surface area contributed by atoms with Crippen molar-refractivity contribution in [3.63, 3.8) is 0 Å². The summed E-state index contributed by atoms with van der Waals surface area (Å²) in [5.41, 5.74) is -0.639. The maximum Gasteiger partial charge on any atom is 0.332 e. The first kappa shape index (κ1) is 17.7. The van der Waals surface area contributed by atoms with Gasteiger partial charge in [0.05, 0.1) is 0 Å². The van der Waals surface area contributed by atoms with Gasteiger partial charge in [-0.25, -0.2) is 4.79 Å². The minimum atomic E-state index is -0.509. The molecule has 0 N–H and O–H groups in total. The predicted octanol–water partition coefficient (Wildman–Crippen LogP) is 0.877. The summed E-state index contributed by atoms with van der Waals surface area (Å²) in [6.07, 6.45) is 3.03. The van der Waals surface area contributed by atoms with Gasteiger partial charge in [0.15, 0.2) is 11.2 Å². The van der Waals surface area contributed by atoms with Crippen LogP contribution < -0.4 is 11.2 Å². The Bertz CT molecular complexity index is 947. The number of hydrogen-bond donors (Lipinski definition) is 0. The van der Waals surface area contributed by atoms with Crippen molar-refractivity contribution in [2.75, 3.05) is 0 Å². The second-order valence-corrected chi connectivity index (χ2v) is 7.11. The molecule has 3 heterocycles. The van der Waals surface area contributed by atoms with Gasteiger partial charge < -0.3 is 4.90 Å². The largest absolute Gasteiger partial charge is 0.336 e. The van der Waals surface area contributed by atoms with E-state index < -0.39 is 11.2 Å². The van der Waals surface area contributed by atoms with Crippen LogP contribution in [-0.2, 0) is 25.4 Å². The Labute approximate surface area is 149 Å². The topological polar surface area (TPSA) is 82.1 Å². The third kappa shape index (κ3) is 2.78. The number of carbonyl (C=O) groups excluding carboxylic acids is 1. The van der Waals surface area contributed by atoms with Crippen LogP contribution in [0.4, 0.5) is 0 Å². The second kappa shape index (κ2) is 6.33. The van der Waals surface area contributed by atoms with Gasteiger partial charge in [0.1, 0.15) is 6.54 Å². The Balaban J connectivity index is 2.08. The van der Waals surface area contributed by atoms with E-state index in [1.807, 2.05) is 18.7 Å². The molecule has 1 aliphatic heterocycles. The normalized spacial score (nSPS) is 21.1. The summed E-state index contributed by atoms with van der Waals surface area (Å²) in [4.78, 5) is 43.4. The average molecular weight is 368 g/mol. The summed E-state index contributed by atoms with van der Waals surface area (Å²) in [5, 5.41) is 0.0268. The lowest BCUT2D eigenvalue weighted by atomic mass is 9.97. The molecule has 2 aromatic heterocycles. The van der Waals surface area contributed by atoms with E-state index in [0.717, 1.165) is 23.8 Å². The Morgan fingerprint density at radius 1 is 1.16 bits per heavy atom. The van der Waals surface area contributed by atoms with Crippen LogP contribution in [0, 0.1) is 0 Å². The van der Waals surface area contributed by atoms with E-state index >= 15 is 0 Å². The van der Waals surface area contributed by atoms with Gasteiger partial charge in [0.2, 0.25) is 11.2 Å². The first-order valence-corrected chi connectivity index (χ1v) is 8.74. The van der Waals surface area contributed by atoms with E-state index in [2.05, 4.69) is 4.98 Å². The highest BCUT2D eigenvalue weighted by Crippen LogP contribution is 2.24. The highest BCUT2D eigenvalue weighted by molar-refractivity contribution is 6.29. The number of aromatic nitrogens is 4. The van der Waals surface area contributed by atoms with Gasteiger partial charge in [-0.3, -0.25) is 23.3 Å². The maximum atomic E-state index is 12.9. The minimum Gasteiger partial charge on any atom is -0.336 e. The molecule has 2 aromatic rings. The van der Waals surface area contributed by atoms with Gasteiger partial charge in [-0.1, -0.05) is 0 Å². The van der Waals surface area contributed by atoms with Crippen LogP contribution in [-0.4, -0.2) is 41.6 Å². The molecule has 1 amide bonds. The zero-order chi connectivity index (χ0) is 18.5. The van der Waals surface area contributed by atoms with E-state index in [-0.39, 0.29) is 41.0 Å². The fourth-order valence-electron chi connectivity index (χ4n) is 3.69. The summed E-state index contributed by atoms with van der Waals surface area (Å²) in [6.45, 7) is 3.99. The molecule has 2 atom stereocenters. The molecule has 136 valence electrons. The zero-order valence-corrected chi connectivity index (χ0v) is 15.6. The summed E-state index contributed by atoms with van der Waals surface area (Å²) in [6, 6.07) is 0.300. The van der Waals surface area contributed by atoms with E-state index in [1.54, 1.807) is 0 Å². The number of carbonyl (C=O) groups is 1. The van der Waals surface area contributed by atoms with Crippen LogP contribution in [0.3, 0.4) is 0 Å². The number of rotatable bonds is 2. The molecule has 1 saturated heterocycles. The SMILES string of the molecule is CC1CCCC(C)N1C(=O)Cn1c(Cl)nc2c1c(=O)n(C)c(=O)n2C. The van der Waals surface area contributed by atoms with Crippen molar-refractivity contribution in [3.05, 3.63) is 26.1 Å². The van der Waals surface area contributed by atoms with Crippen LogP contribution in [0.25, 0.3) is 11.2 Å². The number of aryl methyl sites for hydroxylation is 1. The highest BCUT2D eigenvalue weighted by atomic mass is 35.5. The zero-order valence-electron chi connectivity index (χ0n) is 14.8. The predicted molar refractivity (Wildman–Crippen MR) is 94.8 cm³/mol. The average Bonchev–Trinajstić information content (AvgIpc) is 2.87. The van der Waals surface area contributed by atoms with E-state index in [0.29, 0.717) is 0 Å². The molecule has 3 rings (SSSR count). The minimum absolute atomic E-state index is 0.0268. The summed E-state index contributed by atoms with van der Waals surface area (Å²) < 4.78 is 3.65. The molecular formula is C16H22ClN5O3. The maximum absolute atomic E-state index is 12.9. The van der Waals surface area contributed by atoms with Crippen LogP contribution in [0.15, 0.2) is 9.59 Å². The van der Waals surface area contributed by atoms with Crippen molar-refractivity contribution in [1.29, 1.82) is 0 Å². The number of hydrogen-bond acceptors (Lipinski definition) is 4. The summed E-state index contributed by atoms with van der Waals surface area (Å²) in [7, 11) is 2.92. The number of likely N-dealkylation sites (tertiary alicyclic amines) is 1. The standard InChI is InChI=1S/C16H22ClN5O3/c1-9-6-5-7-10(2)22(9)11(23)8-21-12-13(18-15(21)17)19(3)16(25)20(4)14(12)24/h9-10H,5-8H2,1-4H3. The first-order valence-electron chi connectivity index (χ1n) is 8.37. The lowest BCUT2D eigenvalue weighted by Crippen LogP contribution is -2.48. The van der Waals surface area contributed by atoms with Gasteiger partial charge in [0, 0.05) is 26.2 Å². The number of imidazole rings is 1. The monoisotopic (exact) mass is 367 g/mol. The van der Waals surface area contributed by atoms with Gasteiger partial charge in [-0.2, -0.15) is 4.98 Å². The molecule has 1 aliphatic rings. The Hall–Kier alpha value is -2.09. The molecule has 9 heteroatoms. The molecule has 0 radical (unpaired) electrons. The van der Waals surface area contributed by atoms with Crippen LogP contribution in [0.1, 0.15) is 33.1 Å². The fraction of sp³-hybridized carbons (Fsp3) is 0.625. The molecule has 2 unspecified atom stereocenters. The number of halogens is 1. The highest BCUT2D eigenvalue weighted by Gasteiger charge is 2.30. The fourth-order valence-corrected chi connectivity index (χ4v) is 3.92. The van der Waals surface area contributed by atoms with Crippen molar-refractivity contribution in [2.24, 2.45) is 14.1 Å². The summed E-state index contributed by atoms with van der Waals surface area (Å²) >= 11 is 6.19. The molecule has 0 aromatic carbocycles. The number of fused-ring (bicyclic) bond motifs is 1. The molecule has 0 spiro atoms. The Kier molecular flexibility index (Phi) is 4.49. The lowest BCUT2D eigenvalue weighted by Gasteiger charge is -2.39. The van der Waals surface area contributed by atoms with Crippen LogP contribution in [0.5, 0.6) is 0 Å². The molecule has 0 bridgehead atoms. The smallest absolute Gasteiger partial charge is 0.332 e. The van der Waals surface area contributed by atoms with Crippen molar-refractivity contribution >= 4 is 28.7 Å². The van der Waals surface area contributed by atoms with Gasteiger partial charge in [-0.05, 0) is 44.7 Å². The molecule has 8 nitrogen and oxygen atoms in total. The van der Waals surface area contributed by atoms with Gasteiger partial charge >= 0.3 is 5.69 Å². The van der Waals surface area contributed by atoms with Crippen molar-refractivity contribution in [3.8, 4) is 0 Å². The van der Waals surface area contributed by atoms with Crippen molar-refractivity contribution in [1.82, 2.24) is 23.6 Å². The number of amides is 1. The molecule has 0 saturated carbocycles. The van der Waals surface area contributed by atoms with E-state index in [1.165, 1.54) is 23.2 Å². The van der Waals surface area contributed by atoms with Crippen LogP contribution >= 0.6 is 11.6 Å². The third-order valence-electron chi connectivity index (χ3n) is 5.08. The number of piperidine rings is 1. The van der Waals surface area contributed by atoms with Gasteiger partial charge in [-0.15, -0.1) is 0 Å². The molecule has 25 heavy (non-hydrogen) atoms. The van der Waals surface area contributed by atoms with Crippen molar-refractivity contribution in [2.45, 2.75) is 51.7 Å². The lowest BCUT2D eigenvalue weighted by molar-refractivity contribution is -0.137. The van der Waals surface area contributed by atoms with Gasteiger partial charge in [0.25, 0.3) is 5.56 Å². The Morgan fingerprint density at radius 3 is 2.36 bits per heavy atom. The van der Waals surface area contributed by atoms with E-state index in [9.17, 15) is 14.4 Å². The Morgan fingerprint density at radius 2 is 1.76 bits per heavy atom. The summed E-state index contributed by atoms with van der Waals surface area (Å²) in [5.74, 6) is -0.100. The quantitative estimate of drug-likeness (QED) is 0.738. The van der Waals surface area contributed by atoms with Crippen LogP contribution in [0.2, 0.25) is 5.28 Å². The van der Waals surface area contributed by atoms with Crippen molar-refractivity contribution < 1.29 is 4.79 Å². The third-order valence-corrected chi connectivity index (χ3v) is 5.36. The second-order valence-electron chi connectivity index (χ2n) is 6.77. The van der Waals surface area contributed by atoms with E-state index in [4.69, 9.17) is 11.6 Å². The number of nitrogens with zero attached hydrogens (tertiary/aromatic N) is 5. The molecule has 0 aliphatic carbocycles.